The van der Waals surface area contributed by atoms with E-state index in [1.54, 1.807) is 18.2 Å². The number of rotatable bonds is 5. The highest BCUT2D eigenvalue weighted by molar-refractivity contribution is 6.32. The van der Waals surface area contributed by atoms with Crippen molar-refractivity contribution in [3.63, 3.8) is 0 Å². The minimum atomic E-state index is -1.17. The van der Waals surface area contributed by atoms with Crippen molar-refractivity contribution < 1.29 is 33.4 Å². The lowest BCUT2D eigenvalue weighted by atomic mass is 9.98. The van der Waals surface area contributed by atoms with Crippen LogP contribution in [0.15, 0.2) is 41.5 Å². The molecule has 0 aliphatic carbocycles. The highest BCUT2D eigenvalue weighted by Gasteiger charge is 2.34. The summed E-state index contributed by atoms with van der Waals surface area (Å²) in [5, 5.41) is 0. The summed E-state index contributed by atoms with van der Waals surface area (Å²) < 4.78 is 13.4. The first-order valence-corrected chi connectivity index (χ1v) is 6.06. The number of Topliss-reactive ketones (excluding diaryl/α,β-unsaturated/α-hetero) is 1. The molecule has 116 valence electrons. The highest BCUT2D eigenvalue weighted by atomic mass is 16.5. The molecule has 0 N–H and O–H groups in total. The molecule has 7 heteroatoms. The molecule has 7 nitrogen and oxygen atoms in total. The lowest BCUT2D eigenvalue weighted by Gasteiger charge is -2.10. The molecule has 0 amide bonds. The first-order valence-electron chi connectivity index (χ1n) is 6.06. The summed E-state index contributed by atoms with van der Waals surface area (Å²) in [4.78, 5) is 47.9. The summed E-state index contributed by atoms with van der Waals surface area (Å²) in [7, 11) is 3.03. The van der Waals surface area contributed by atoms with Crippen LogP contribution in [0.25, 0.3) is 0 Å². The third kappa shape index (κ3) is 3.57. The summed E-state index contributed by atoms with van der Waals surface area (Å²) in [6.07, 6.45) is 0. The van der Waals surface area contributed by atoms with Gasteiger partial charge in [-0.15, -0.1) is 0 Å². The number of carbonyl (C=O) groups excluding carboxylic acids is 4. The van der Waals surface area contributed by atoms with E-state index in [0.29, 0.717) is 0 Å². The molecule has 0 heterocycles. The molecule has 0 aliphatic rings. The van der Waals surface area contributed by atoms with Gasteiger partial charge in [0.25, 0.3) is 0 Å². The van der Waals surface area contributed by atoms with Crippen molar-refractivity contribution in [1.82, 2.24) is 0 Å². The molecule has 0 spiro atoms. The van der Waals surface area contributed by atoms with Crippen LogP contribution in [0.1, 0.15) is 10.4 Å². The normalized spacial score (nSPS) is 9.41. The first-order chi connectivity index (χ1) is 10.5. The second-order valence-corrected chi connectivity index (χ2v) is 3.92. The summed E-state index contributed by atoms with van der Waals surface area (Å²) in [5.41, 5.74) is -1.45. The topological polar surface area (TPSA) is 96.0 Å². The Kier molecular flexibility index (Phi) is 6.00. The Morgan fingerprint density at radius 2 is 1.09 bits per heavy atom. The standard InChI is InChI=1S/C15H14O7/c1-20-13(17)10(11(14(18)21-2)15(19)22-3)12(16)9-7-5-4-6-8-9/h4-8H,1-3H3. The smallest absolute Gasteiger partial charge is 0.346 e. The Morgan fingerprint density at radius 3 is 1.50 bits per heavy atom. The zero-order valence-corrected chi connectivity index (χ0v) is 12.2. The Labute approximate surface area is 126 Å². The van der Waals surface area contributed by atoms with Gasteiger partial charge >= 0.3 is 17.9 Å². The second-order valence-electron chi connectivity index (χ2n) is 3.92. The van der Waals surface area contributed by atoms with Crippen LogP contribution in [0.2, 0.25) is 0 Å². The molecule has 1 aromatic rings. The molecule has 0 atom stereocenters. The average molecular weight is 306 g/mol. The van der Waals surface area contributed by atoms with Crippen LogP contribution in [0.4, 0.5) is 0 Å². The lowest BCUT2D eigenvalue weighted by molar-refractivity contribution is -0.145. The SMILES string of the molecule is COC(=O)C(C(=O)OC)=C(C(=O)OC)C(=O)c1ccccc1. The molecule has 0 saturated heterocycles. The van der Waals surface area contributed by atoms with Crippen LogP contribution < -0.4 is 0 Å². The van der Waals surface area contributed by atoms with Gasteiger partial charge in [-0.25, -0.2) is 14.4 Å². The third-order valence-corrected chi connectivity index (χ3v) is 2.68. The minimum Gasteiger partial charge on any atom is -0.465 e. The van der Waals surface area contributed by atoms with Crippen LogP contribution >= 0.6 is 0 Å². The number of carbonyl (C=O) groups is 4. The summed E-state index contributed by atoms with van der Waals surface area (Å²) in [6.45, 7) is 0. The van der Waals surface area contributed by atoms with Crippen molar-refractivity contribution in [2.75, 3.05) is 21.3 Å². The van der Waals surface area contributed by atoms with E-state index in [4.69, 9.17) is 0 Å². The van der Waals surface area contributed by atoms with Gasteiger partial charge in [0.15, 0.2) is 5.57 Å². The van der Waals surface area contributed by atoms with Gasteiger partial charge in [0.2, 0.25) is 5.78 Å². The van der Waals surface area contributed by atoms with E-state index < -0.39 is 34.8 Å². The summed E-state index contributed by atoms with van der Waals surface area (Å²) in [5.74, 6) is -4.33. The summed E-state index contributed by atoms with van der Waals surface area (Å²) >= 11 is 0. The third-order valence-electron chi connectivity index (χ3n) is 2.68. The number of ketones is 1. The minimum absolute atomic E-state index is 0.105. The van der Waals surface area contributed by atoms with Crippen molar-refractivity contribution in [1.29, 1.82) is 0 Å². The predicted octanol–water partition coefficient (Wildman–Crippen LogP) is 0.685. The lowest BCUT2D eigenvalue weighted by Crippen LogP contribution is -2.26. The fraction of sp³-hybridized carbons (Fsp3) is 0.200. The number of hydrogen-bond acceptors (Lipinski definition) is 7. The predicted molar refractivity (Wildman–Crippen MR) is 73.8 cm³/mol. The van der Waals surface area contributed by atoms with E-state index in [1.165, 1.54) is 12.1 Å². The second kappa shape index (κ2) is 7.72. The molecule has 0 fully saturated rings. The van der Waals surface area contributed by atoms with Gasteiger partial charge in [-0.3, -0.25) is 4.79 Å². The molecular formula is C15H14O7. The molecule has 1 rings (SSSR count). The Bertz CT molecular complexity index is 611. The van der Waals surface area contributed by atoms with E-state index in [9.17, 15) is 19.2 Å². The first kappa shape index (κ1) is 17.1. The maximum Gasteiger partial charge on any atom is 0.346 e. The highest BCUT2D eigenvalue weighted by Crippen LogP contribution is 2.17. The molecule has 0 unspecified atom stereocenters. The quantitative estimate of drug-likeness (QED) is 0.197. The zero-order valence-electron chi connectivity index (χ0n) is 12.2. The molecule has 0 aromatic heterocycles. The Hall–Kier alpha value is -2.96. The molecule has 0 bridgehead atoms. The number of methoxy groups -OCH3 is 3. The Balaban J connectivity index is 3.58. The van der Waals surface area contributed by atoms with E-state index in [0.717, 1.165) is 21.3 Å². The van der Waals surface area contributed by atoms with Crippen LogP contribution in [-0.4, -0.2) is 45.0 Å². The number of esters is 3. The fourth-order valence-corrected chi connectivity index (χ4v) is 1.64. The van der Waals surface area contributed by atoms with Crippen molar-refractivity contribution in [3.8, 4) is 0 Å². The zero-order chi connectivity index (χ0) is 16.7. The van der Waals surface area contributed by atoms with Crippen molar-refractivity contribution in [3.05, 3.63) is 47.0 Å². The van der Waals surface area contributed by atoms with Gasteiger partial charge in [-0.05, 0) is 0 Å². The molecule has 0 saturated carbocycles. The fourth-order valence-electron chi connectivity index (χ4n) is 1.64. The van der Waals surface area contributed by atoms with Crippen LogP contribution in [0.5, 0.6) is 0 Å². The maximum atomic E-state index is 12.5. The molecule has 0 aliphatic heterocycles. The molecular weight excluding hydrogens is 292 g/mol. The number of ether oxygens (including phenoxy) is 3. The summed E-state index contributed by atoms with van der Waals surface area (Å²) in [6, 6.07) is 7.66. The Morgan fingerprint density at radius 1 is 0.682 bits per heavy atom. The van der Waals surface area contributed by atoms with Gasteiger partial charge in [-0.2, -0.15) is 0 Å². The van der Waals surface area contributed by atoms with E-state index >= 15 is 0 Å². The molecule has 0 radical (unpaired) electrons. The average Bonchev–Trinajstić information content (AvgIpc) is 2.57. The van der Waals surface area contributed by atoms with Gasteiger partial charge in [0.05, 0.1) is 21.3 Å². The van der Waals surface area contributed by atoms with E-state index in [1.807, 2.05) is 0 Å². The van der Waals surface area contributed by atoms with Gasteiger partial charge < -0.3 is 14.2 Å². The van der Waals surface area contributed by atoms with Gasteiger partial charge in [-0.1, -0.05) is 30.3 Å². The largest absolute Gasteiger partial charge is 0.465 e. The van der Waals surface area contributed by atoms with Gasteiger partial charge in [0, 0.05) is 5.56 Å². The van der Waals surface area contributed by atoms with E-state index in [2.05, 4.69) is 14.2 Å². The van der Waals surface area contributed by atoms with Crippen LogP contribution in [0.3, 0.4) is 0 Å². The molecule has 1 aromatic carbocycles. The van der Waals surface area contributed by atoms with Crippen molar-refractivity contribution >= 4 is 23.7 Å². The monoisotopic (exact) mass is 306 g/mol. The van der Waals surface area contributed by atoms with Crippen molar-refractivity contribution in [2.45, 2.75) is 0 Å². The van der Waals surface area contributed by atoms with Gasteiger partial charge in [0.1, 0.15) is 5.57 Å². The van der Waals surface area contributed by atoms with Crippen LogP contribution in [0, 0.1) is 0 Å². The number of hydrogen-bond donors (Lipinski definition) is 0. The van der Waals surface area contributed by atoms with Crippen molar-refractivity contribution in [2.24, 2.45) is 0 Å². The number of benzene rings is 1. The maximum absolute atomic E-state index is 12.5. The van der Waals surface area contributed by atoms with Crippen LogP contribution in [-0.2, 0) is 28.6 Å². The van der Waals surface area contributed by atoms with E-state index in [-0.39, 0.29) is 5.56 Å². The molecule has 22 heavy (non-hydrogen) atoms.